The zero-order chi connectivity index (χ0) is 15.4. The van der Waals surface area contributed by atoms with Crippen LogP contribution in [0.3, 0.4) is 0 Å². The van der Waals surface area contributed by atoms with Crippen molar-refractivity contribution in [3.05, 3.63) is 52.8 Å². The summed E-state index contributed by atoms with van der Waals surface area (Å²) in [6.07, 6.45) is 1.39. The molecule has 0 aliphatic rings. The molecular formula is C14H14ClN3O3. The second-order valence-electron chi connectivity index (χ2n) is 4.45. The molecule has 1 heterocycles. The van der Waals surface area contributed by atoms with Crippen LogP contribution in [0.2, 0.25) is 5.02 Å². The summed E-state index contributed by atoms with van der Waals surface area (Å²) < 4.78 is 1.17. The van der Waals surface area contributed by atoms with Crippen LogP contribution in [0.25, 0.3) is 0 Å². The summed E-state index contributed by atoms with van der Waals surface area (Å²) in [6, 6.07) is 7.73. The van der Waals surface area contributed by atoms with Crippen LogP contribution in [-0.4, -0.2) is 26.8 Å². The zero-order valence-electron chi connectivity index (χ0n) is 11.3. The molecule has 1 atom stereocenters. The summed E-state index contributed by atoms with van der Waals surface area (Å²) in [5.74, 6) is -1.46. The number of carbonyl (C=O) groups is 2. The number of carboxylic acids is 1. The van der Waals surface area contributed by atoms with Gasteiger partial charge in [0.25, 0.3) is 5.91 Å². The molecule has 21 heavy (non-hydrogen) atoms. The molecule has 0 radical (unpaired) electrons. The predicted octanol–water partition coefficient (Wildman–Crippen LogP) is 2.11. The van der Waals surface area contributed by atoms with Crippen molar-refractivity contribution in [2.45, 2.75) is 19.5 Å². The topological polar surface area (TPSA) is 84.2 Å². The Morgan fingerprint density at radius 2 is 2.10 bits per heavy atom. The van der Waals surface area contributed by atoms with Gasteiger partial charge in [0.05, 0.1) is 0 Å². The number of carbonyl (C=O) groups excluding carboxylic acids is 1. The summed E-state index contributed by atoms with van der Waals surface area (Å²) in [5, 5.41) is 16.1. The Kier molecular flexibility index (Phi) is 4.59. The standard InChI is InChI=1S/C14H14ClN3O3/c1-9(14(20)21)18-12(6-7-17-18)13(19)16-8-10-4-2-3-5-11(10)15/h2-7,9H,8H2,1H3,(H,16,19)(H,20,21). The number of aliphatic carboxylic acids is 1. The minimum absolute atomic E-state index is 0.192. The number of hydrogen-bond acceptors (Lipinski definition) is 3. The first-order valence-corrected chi connectivity index (χ1v) is 6.66. The first-order chi connectivity index (χ1) is 10.0. The third kappa shape index (κ3) is 3.41. The van der Waals surface area contributed by atoms with E-state index < -0.39 is 17.9 Å². The van der Waals surface area contributed by atoms with Crippen LogP contribution in [0.4, 0.5) is 0 Å². The molecule has 1 unspecified atom stereocenters. The average molecular weight is 308 g/mol. The Hall–Kier alpha value is -2.34. The van der Waals surface area contributed by atoms with Crippen LogP contribution in [0.15, 0.2) is 36.5 Å². The van der Waals surface area contributed by atoms with E-state index in [0.29, 0.717) is 5.02 Å². The van der Waals surface area contributed by atoms with Crippen LogP contribution in [0, 0.1) is 0 Å². The molecule has 0 saturated heterocycles. The Balaban J connectivity index is 2.10. The van der Waals surface area contributed by atoms with Crippen molar-refractivity contribution in [2.24, 2.45) is 0 Å². The summed E-state index contributed by atoms with van der Waals surface area (Å²) in [4.78, 5) is 23.1. The van der Waals surface area contributed by atoms with Gasteiger partial charge in [-0.25, -0.2) is 9.48 Å². The first-order valence-electron chi connectivity index (χ1n) is 6.28. The lowest BCUT2D eigenvalue weighted by atomic mass is 10.2. The number of benzene rings is 1. The minimum atomic E-state index is -1.06. The number of amides is 1. The van der Waals surface area contributed by atoms with Crippen molar-refractivity contribution in [1.82, 2.24) is 15.1 Å². The molecule has 2 rings (SSSR count). The molecule has 0 fully saturated rings. The number of aromatic nitrogens is 2. The zero-order valence-corrected chi connectivity index (χ0v) is 12.0. The molecule has 7 heteroatoms. The van der Waals surface area contributed by atoms with Gasteiger partial charge in [-0.05, 0) is 24.6 Å². The first kappa shape index (κ1) is 15.1. The summed E-state index contributed by atoms with van der Waals surface area (Å²) in [7, 11) is 0. The fraction of sp³-hybridized carbons (Fsp3) is 0.214. The fourth-order valence-electron chi connectivity index (χ4n) is 1.82. The van der Waals surface area contributed by atoms with Gasteiger partial charge in [0.15, 0.2) is 0 Å². The van der Waals surface area contributed by atoms with Gasteiger partial charge in [-0.2, -0.15) is 5.10 Å². The van der Waals surface area contributed by atoms with Crippen molar-refractivity contribution in [3.8, 4) is 0 Å². The van der Waals surface area contributed by atoms with Crippen LogP contribution >= 0.6 is 11.6 Å². The van der Waals surface area contributed by atoms with Crippen molar-refractivity contribution in [2.75, 3.05) is 0 Å². The molecule has 0 spiro atoms. The van der Waals surface area contributed by atoms with Gasteiger partial charge in [-0.1, -0.05) is 29.8 Å². The van der Waals surface area contributed by atoms with Crippen molar-refractivity contribution in [1.29, 1.82) is 0 Å². The molecule has 0 aliphatic carbocycles. The van der Waals surface area contributed by atoms with Crippen LogP contribution < -0.4 is 5.32 Å². The second-order valence-corrected chi connectivity index (χ2v) is 4.86. The molecule has 1 amide bonds. The van der Waals surface area contributed by atoms with Gasteiger partial charge in [0, 0.05) is 17.8 Å². The van der Waals surface area contributed by atoms with Gasteiger partial charge in [0.1, 0.15) is 11.7 Å². The average Bonchev–Trinajstić information content (AvgIpc) is 2.94. The molecule has 0 aliphatic heterocycles. The molecule has 2 aromatic rings. The van der Waals surface area contributed by atoms with E-state index in [0.717, 1.165) is 5.56 Å². The highest BCUT2D eigenvalue weighted by atomic mass is 35.5. The van der Waals surface area contributed by atoms with Gasteiger partial charge < -0.3 is 10.4 Å². The molecular weight excluding hydrogens is 294 g/mol. The van der Waals surface area contributed by atoms with Crippen molar-refractivity contribution >= 4 is 23.5 Å². The Morgan fingerprint density at radius 1 is 1.38 bits per heavy atom. The number of carboxylic acid groups (broad SMARTS) is 1. The fourth-order valence-corrected chi connectivity index (χ4v) is 2.02. The lowest BCUT2D eigenvalue weighted by molar-refractivity contribution is -0.140. The van der Waals surface area contributed by atoms with Gasteiger partial charge in [-0.3, -0.25) is 4.79 Å². The monoisotopic (exact) mass is 307 g/mol. The van der Waals surface area contributed by atoms with E-state index in [1.54, 1.807) is 18.2 Å². The lowest BCUT2D eigenvalue weighted by Crippen LogP contribution is -2.28. The molecule has 6 nitrogen and oxygen atoms in total. The number of rotatable bonds is 5. The highest BCUT2D eigenvalue weighted by Crippen LogP contribution is 2.15. The number of halogens is 1. The number of hydrogen-bond donors (Lipinski definition) is 2. The smallest absolute Gasteiger partial charge is 0.328 e. The van der Waals surface area contributed by atoms with Crippen molar-refractivity contribution in [3.63, 3.8) is 0 Å². The highest BCUT2D eigenvalue weighted by molar-refractivity contribution is 6.31. The van der Waals surface area contributed by atoms with E-state index in [9.17, 15) is 9.59 Å². The molecule has 0 bridgehead atoms. The minimum Gasteiger partial charge on any atom is -0.480 e. The SMILES string of the molecule is CC(C(=O)O)n1nccc1C(=O)NCc1ccccc1Cl. The molecule has 110 valence electrons. The predicted molar refractivity (Wildman–Crippen MR) is 77.2 cm³/mol. The van der Waals surface area contributed by atoms with E-state index in [-0.39, 0.29) is 12.2 Å². The van der Waals surface area contributed by atoms with Crippen molar-refractivity contribution < 1.29 is 14.7 Å². The van der Waals surface area contributed by atoms with E-state index in [1.165, 1.54) is 23.9 Å². The maximum Gasteiger partial charge on any atom is 0.328 e. The van der Waals surface area contributed by atoms with E-state index in [4.69, 9.17) is 16.7 Å². The summed E-state index contributed by atoms with van der Waals surface area (Å²) in [5.41, 5.74) is 0.974. The summed E-state index contributed by atoms with van der Waals surface area (Å²) in [6.45, 7) is 1.71. The van der Waals surface area contributed by atoms with Gasteiger partial charge >= 0.3 is 5.97 Å². The molecule has 0 saturated carbocycles. The van der Waals surface area contributed by atoms with Crippen LogP contribution in [-0.2, 0) is 11.3 Å². The number of nitrogens with one attached hydrogen (secondary N) is 1. The Labute approximate surface area is 126 Å². The third-order valence-electron chi connectivity index (χ3n) is 3.02. The molecule has 1 aromatic heterocycles. The normalized spacial score (nSPS) is 11.9. The maximum absolute atomic E-state index is 12.1. The van der Waals surface area contributed by atoms with Crippen LogP contribution in [0.1, 0.15) is 29.0 Å². The third-order valence-corrected chi connectivity index (χ3v) is 3.39. The Morgan fingerprint density at radius 3 is 2.76 bits per heavy atom. The number of nitrogens with zero attached hydrogens (tertiary/aromatic N) is 2. The molecule has 1 aromatic carbocycles. The van der Waals surface area contributed by atoms with Gasteiger partial charge in [0.2, 0.25) is 0 Å². The van der Waals surface area contributed by atoms with E-state index in [2.05, 4.69) is 10.4 Å². The molecule has 2 N–H and O–H groups in total. The van der Waals surface area contributed by atoms with Crippen LogP contribution in [0.5, 0.6) is 0 Å². The van der Waals surface area contributed by atoms with E-state index in [1.807, 2.05) is 6.07 Å². The van der Waals surface area contributed by atoms with E-state index >= 15 is 0 Å². The lowest BCUT2D eigenvalue weighted by Gasteiger charge is -2.12. The summed E-state index contributed by atoms with van der Waals surface area (Å²) >= 11 is 6.01. The second kappa shape index (κ2) is 6.41. The maximum atomic E-state index is 12.1. The van der Waals surface area contributed by atoms with Gasteiger partial charge in [-0.15, -0.1) is 0 Å². The Bertz CT molecular complexity index is 669. The largest absolute Gasteiger partial charge is 0.480 e. The highest BCUT2D eigenvalue weighted by Gasteiger charge is 2.20. The quantitative estimate of drug-likeness (QED) is 0.886.